The Kier molecular flexibility index (Phi) is 1.54. The molecule has 0 N–H and O–H groups in total. The molecule has 0 heterocycles. The number of rotatable bonds is 1. The van der Waals surface area contributed by atoms with Crippen molar-refractivity contribution in [2.24, 2.45) is 0 Å². The van der Waals surface area contributed by atoms with E-state index in [9.17, 15) is 0 Å². The molecule has 0 fully saturated rings. The summed E-state index contributed by atoms with van der Waals surface area (Å²) in [7, 11) is 0. The van der Waals surface area contributed by atoms with Crippen LogP contribution < -0.4 is 0 Å². The van der Waals surface area contributed by atoms with Gasteiger partial charge in [0.25, 0.3) is 0 Å². The van der Waals surface area contributed by atoms with Crippen molar-refractivity contribution in [1.82, 2.24) is 0 Å². The molecule has 0 saturated heterocycles. The molecule has 66 valence electrons. The van der Waals surface area contributed by atoms with Crippen LogP contribution in [0.25, 0.3) is 23.3 Å². The van der Waals surface area contributed by atoms with Gasteiger partial charge in [0.1, 0.15) is 0 Å². The fraction of sp³-hybridized carbons (Fsp3) is 0. The number of hydrogen-bond donors (Lipinski definition) is 0. The van der Waals surface area contributed by atoms with Crippen molar-refractivity contribution in [1.29, 1.82) is 0 Å². The van der Waals surface area contributed by atoms with E-state index in [4.69, 9.17) is 0 Å². The van der Waals surface area contributed by atoms with Crippen LogP contribution in [0.1, 0.15) is 11.1 Å². The van der Waals surface area contributed by atoms with Crippen LogP contribution in [0.2, 0.25) is 0 Å². The molecule has 0 nitrogen and oxygen atoms in total. The van der Waals surface area contributed by atoms with Gasteiger partial charge in [-0.15, -0.1) is 0 Å². The molecular formula is C14H10. The minimum atomic E-state index is 1.30. The van der Waals surface area contributed by atoms with Crippen LogP contribution >= 0.6 is 0 Å². The second-order valence-corrected chi connectivity index (χ2v) is 3.51. The fourth-order valence-corrected chi connectivity index (χ4v) is 1.86. The van der Waals surface area contributed by atoms with Gasteiger partial charge in [0.2, 0.25) is 0 Å². The molecule has 0 heteroatoms. The minimum Gasteiger partial charge on any atom is -0.0622 e. The molecule has 1 aliphatic carbocycles. The van der Waals surface area contributed by atoms with E-state index in [0.717, 1.165) is 0 Å². The smallest absolute Gasteiger partial charge is 0.0105 e. The molecule has 2 aromatic carbocycles. The van der Waals surface area contributed by atoms with E-state index in [2.05, 4.69) is 60.7 Å². The average molecular weight is 178 g/mol. The molecule has 2 aromatic rings. The topological polar surface area (TPSA) is 0 Å². The maximum Gasteiger partial charge on any atom is -0.0105 e. The molecule has 0 bridgehead atoms. The average Bonchev–Trinajstić information content (AvgIpc) is 2.21. The van der Waals surface area contributed by atoms with E-state index in [1.165, 1.54) is 22.3 Å². The molecule has 14 heavy (non-hydrogen) atoms. The lowest BCUT2D eigenvalue weighted by atomic mass is 9.89. The quantitative estimate of drug-likeness (QED) is 0.531. The largest absolute Gasteiger partial charge is 0.0622 e. The summed E-state index contributed by atoms with van der Waals surface area (Å²) in [6.45, 7) is 0. The molecule has 0 spiro atoms. The Hall–Kier alpha value is -1.82. The van der Waals surface area contributed by atoms with E-state index >= 15 is 0 Å². The van der Waals surface area contributed by atoms with Crippen LogP contribution in [0.5, 0.6) is 0 Å². The van der Waals surface area contributed by atoms with Gasteiger partial charge in [0, 0.05) is 0 Å². The van der Waals surface area contributed by atoms with E-state index in [0.29, 0.717) is 0 Å². The molecule has 0 radical (unpaired) electrons. The maximum atomic E-state index is 2.18. The second-order valence-electron chi connectivity index (χ2n) is 3.51. The molecule has 0 amide bonds. The fourth-order valence-electron chi connectivity index (χ4n) is 1.86. The summed E-state index contributed by atoms with van der Waals surface area (Å²) in [5.41, 5.74) is 5.37. The molecule has 0 unspecified atom stereocenters. The van der Waals surface area contributed by atoms with Crippen molar-refractivity contribution in [3.05, 3.63) is 59.7 Å². The Bertz CT molecular complexity index is 493. The van der Waals surface area contributed by atoms with Crippen molar-refractivity contribution in [2.45, 2.75) is 0 Å². The summed E-state index contributed by atoms with van der Waals surface area (Å²) in [5, 5.41) is 0. The predicted molar refractivity (Wildman–Crippen MR) is 60.8 cm³/mol. The van der Waals surface area contributed by atoms with E-state index in [1.807, 2.05) is 0 Å². The van der Waals surface area contributed by atoms with E-state index < -0.39 is 0 Å². The highest BCUT2D eigenvalue weighted by Crippen LogP contribution is 2.33. The minimum absolute atomic E-state index is 1.30. The highest BCUT2D eigenvalue weighted by atomic mass is 14.1. The van der Waals surface area contributed by atoms with E-state index in [1.54, 1.807) is 0 Å². The Balaban J connectivity index is 2.20. The zero-order chi connectivity index (χ0) is 9.38. The Morgan fingerprint density at radius 2 is 1.50 bits per heavy atom. The molecule has 3 rings (SSSR count). The summed E-state index contributed by atoms with van der Waals surface area (Å²) in [5.74, 6) is 0. The van der Waals surface area contributed by atoms with Crippen LogP contribution in [0.3, 0.4) is 0 Å². The third-order valence-electron chi connectivity index (χ3n) is 2.65. The highest BCUT2D eigenvalue weighted by molar-refractivity contribution is 5.93. The lowest BCUT2D eigenvalue weighted by molar-refractivity contribution is 1.54. The van der Waals surface area contributed by atoms with Gasteiger partial charge in [0.05, 0.1) is 0 Å². The standard InChI is InChI=1S/C14H10/c1-2-5-11(6-3-1)13-8-4-7-12-9-10-14(12)13/h1-10H. The monoisotopic (exact) mass is 178 g/mol. The van der Waals surface area contributed by atoms with Gasteiger partial charge < -0.3 is 0 Å². The molecule has 0 atom stereocenters. The zero-order valence-electron chi connectivity index (χ0n) is 7.77. The first kappa shape index (κ1) is 7.57. The van der Waals surface area contributed by atoms with Crippen molar-refractivity contribution >= 4 is 12.2 Å². The van der Waals surface area contributed by atoms with Gasteiger partial charge in [-0.2, -0.15) is 0 Å². The van der Waals surface area contributed by atoms with Crippen LogP contribution in [0.4, 0.5) is 0 Å². The highest BCUT2D eigenvalue weighted by Gasteiger charge is 2.10. The zero-order valence-corrected chi connectivity index (χ0v) is 7.77. The van der Waals surface area contributed by atoms with Crippen molar-refractivity contribution in [2.75, 3.05) is 0 Å². The van der Waals surface area contributed by atoms with E-state index in [-0.39, 0.29) is 0 Å². The Labute approximate surface area is 83.5 Å². The van der Waals surface area contributed by atoms with Gasteiger partial charge in [-0.05, 0) is 22.3 Å². The number of fused-ring (bicyclic) bond motifs is 1. The van der Waals surface area contributed by atoms with Crippen LogP contribution in [0, 0.1) is 0 Å². The third kappa shape index (κ3) is 1.01. The molecular weight excluding hydrogens is 168 g/mol. The SMILES string of the molecule is C1=Cc2c1cccc2-c1ccccc1. The van der Waals surface area contributed by atoms with Crippen LogP contribution in [-0.4, -0.2) is 0 Å². The van der Waals surface area contributed by atoms with Crippen LogP contribution in [0.15, 0.2) is 48.5 Å². The Morgan fingerprint density at radius 1 is 0.643 bits per heavy atom. The summed E-state index contributed by atoms with van der Waals surface area (Å²) >= 11 is 0. The van der Waals surface area contributed by atoms with Crippen LogP contribution in [-0.2, 0) is 0 Å². The lowest BCUT2D eigenvalue weighted by Gasteiger charge is -2.15. The normalized spacial score (nSPS) is 12.0. The molecule has 0 saturated carbocycles. The lowest BCUT2D eigenvalue weighted by Crippen LogP contribution is -1.92. The third-order valence-corrected chi connectivity index (χ3v) is 2.65. The predicted octanol–water partition coefficient (Wildman–Crippen LogP) is 3.84. The first-order valence-corrected chi connectivity index (χ1v) is 4.82. The van der Waals surface area contributed by atoms with Gasteiger partial charge in [-0.3, -0.25) is 0 Å². The number of benzene rings is 2. The summed E-state index contributed by atoms with van der Waals surface area (Å²) in [4.78, 5) is 0. The summed E-state index contributed by atoms with van der Waals surface area (Å²) in [6, 6.07) is 17.0. The van der Waals surface area contributed by atoms with Crippen molar-refractivity contribution in [3.8, 4) is 11.1 Å². The van der Waals surface area contributed by atoms with Gasteiger partial charge in [-0.1, -0.05) is 60.7 Å². The summed E-state index contributed by atoms with van der Waals surface area (Å²) < 4.78 is 0. The second kappa shape index (κ2) is 2.85. The van der Waals surface area contributed by atoms with Gasteiger partial charge in [0.15, 0.2) is 0 Å². The first-order valence-electron chi connectivity index (χ1n) is 4.82. The Morgan fingerprint density at radius 3 is 2.21 bits per heavy atom. The van der Waals surface area contributed by atoms with Gasteiger partial charge in [-0.25, -0.2) is 0 Å². The molecule has 0 aromatic heterocycles. The first-order chi connectivity index (χ1) is 6.95. The van der Waals surface area contributed by atoms with Crippen molar-refractivity contribution in [3.63, 3.8) is 0 Å². The van der Waals surface area contributed by atoms with Crippen molar-refractivity contribution < 1.29 is 0 Å². The summed E-state index contributed by atoms with van der Waals surface area (Å²) in [6.07, 6.45) is 4.33. The maximum absolute atomic E-state index is 2.18. The molecule has 0 aliphatic heterocycles. The van der Waals surface area contributed by atoms with Gasteiger partial charge >= 0.3 is 0 Å². The molecule has 1 aliphatic rings. The number of hydrogen-bond acceptors (Lipinski definition) is 0.